The first-order valence-corrected chi connectivity index (χ1v) is 13.2. The van der Waals surface area contributed by atoms with Crippen molar-refractivity contribution in [2.45, 2.75) is 37.9 Å². The molecule has 2 aromatic carbocycles. The molecule has 0 saturated carbocycles. The molecule has 1 saturated heterocycles. The van der Waals surface area contributed by atoms with Crippen LogP contribution in [0.5, 0.6) is 0 Å². The van der Waals surface area contributed by atoms with E-state index in [1.54, 1.807) is 4.90 Å². The Labute approximate surface area is 187 Å². The predicted octanol–water partition coefficient (Wildman–Crippen LogP) is 4.16. The molecule has 0 unspecified atom stereocenters. The summed E-state index contributed by atoms with van der Waals surface area (Å²) in [6.07, 6.45) is 0.498. The van der Waals surface area contributed by atoms with Gasteiger partial charge in [-0.3, -0.25) is 4.79 Å². The minimum absolute atomic E-state index is 0.0444. The quantitative estimate of drug-likeness (QED) is 0.523. The molecule has 1 aromatic heterocycles. The summed E-state index contributed by atoms with van der Waals surface area (Å²) in [6, 6.07) is 17.6. The third-order valence-corrected chi connectivity index (χ3v) is 8.38. The number of sulfone groups is 1. The van der Waals surface area contributed by atoms with Crippen LogP contribution < -0.4 is 0 Å². The fourth-order valence-electron chi connectivity index (χ4n) is 4.05. The number of thioether (sulfide) groups is 1. The summed E-state index contributed by atoms with van der Waals surface area (Å²) in [4.78, 5) is 19.7. The first-order chi connectivity index (χ1) is 14.8. The maximum Gasteiger partial charge on any atom is 0.233 e. The Morgan fingerprint density at radius 2 is 1.87 bits per heavy atom. The van der Waals surface area contributed by atoms with Crippen LogP contribution in [0, 0.1) is 13.8 Å². The molecule has 1 fully saturated rings. The number of fused-ring (bicyclic) bond motifs is 1. The van der Waals surface area contributed by atoms with Crippen molar-refractivity contribution >= 4 is 38.4 Å². The number of carbonyl (C=O) groups excluding carboxylic acids is 1. The molecule has 0 spiro atoms. The van der Waals surface area contributed by atoms with E-state index in [9.17, 15) is 13.2 Å². The zero-order valence-electron chi connectivity index (χ0n) is 17.7. The molecule has 2 heterocycles. The van der Waals surface area contributed by atoms with Crippen LogP contribution in [0.2, 0.25) is 0 Å². The van der Waals surface area contributed by atoms with Crippen molar-refractivity contribution in [1.29, 1.82) is 0 Å². The van der Waals surface area contributed by atoms with Gasteiger partial charge in [0.1, 0.15) is 0 Å². The number of hydrogen-bond donors (Lipinski definition) is 0. The van der Waals surface area contributed by atoms with E-state index in [1.807, 2.05) is 55.5 Å². The number of amides is 1. The molecule has 3 aromatic rings. The monoisotopic (exact) mass is 454 g/mol. The lowest BCUT2D eigenvalue weighted by Gasteiger charge is -2.28. The lowest BCUT2D eigenvalue weighted by molar-refractivity contribution is -0.130. The van der Waals surface area contributed by atoms with Crippen molar-refractivity contribution in [2.75, 3.05) is 17.3 Å². The number of carbonyl (C=O) groups is 1. The number of aryl methyl sites for hydroxylation is 2. The molecule has 1 amide bonds. The van der Waals surface area contributed by atoms with Crippen molar-refractivity contribution in [3.63, 3.8) is 0 Å². The highest BCUT2D eigenvalue weighted by atomic mass is 32.2. The molecule has 0 bridgehead atoms. The van der Waals surface area contributed by atoms with Gasteiger partial charge in [-0.2, -0.15) is 0 Å². The molecule has 1 aliphatic rings. The molecule has 31 heavy (non-hydrogen) atoms. The van der Waals surface area contributed by atoms with Crippen molar-refractivity contribution < 1.29 is 13.2 Å². The number of pyridine rings is 1. The highest BCUT2D eigenvalue weighted by Gasteiger charge is 2.34. The molecular formula is C24H26N2O3S2. The van der Waals surface area contributed by atoms with E-state index in [4.69, 9.17) is 4.98 Å². The van der Waals surface area contributed by atoms with Crippen LogP contribution in [0.25, 0.3) is 10.9 Å². The second kappa shape index (κ2) is 9.01. The van der Waals surface area contributed by atoms with E-state index >= 15 is 0 Å². The van der Waals surface area contributed by atoms with E-state index in [-0.39, 0.29) is 29.2 Å². The Hall–Kier alpha value is -2.38. The molecule has 162 valence electrons. The van der Waals surface area contributed by atoms with Crippen molar-refractivity contribution in [3.8, 4) is 0 Å². The van der Waals surface area contributed by atoms with E-state index in [1.165, 1.54) is 11.8 Å². The third kappa shape index (κ3) is 5.10. The third-order valence-electron chi connectivity index (χ3n) is 5.73. The normalized spacial score (nSPS) is 17.7. The van der Waals surface area contributed by atoms with Crippen molar-refractivity contribution in [3.05, 3.63) is 71.3 Å². The van der Waals surface area contributed by atoms with Gasteiger partial charge in [-0.1, -0.05) is 60.3 Å². The van der Waals surface area contributed by atoms with Crippen LogP contribution >= 0.6 is 11.8 Å². The first kappa shape index (κ1) is 21.8. The van der Waals surface area contributed by atoms with Crippen LogP contribution in [0.3, 0.4) is 0 Å². The van der Waals surface area contributed by atoms with E-state index in [0.717, 1.165) is 32.6 Å². The average Bonchev–Trinajstić information content (AvgIpc) is 3.11. The fourth-order valence-corrected chi connectivity index (χ4v) is 6.63. The zero-order chi connectivity index (χ0) is 22.0. The van der Waals surface area contributed by atoms with Gasteiger partial charge in [0.2, 0.25) is 5.91 Å². The SMILES string of the molecule is Cc1cc(SCC(=O)N(Cc2ccccc2)[C@@H]2CCS(=O)(=O)C2)nc2c(C)cccc12. The molecule has 1 atom stereocenters. The summed E-state index contributed by atoms with van der Waals surface area (Å²) in [7, 11) is -3.08. The number of hydrogen-bond acceptors (Lipinski definition) is 5. The van der Waals surface area contributed by atoms with E-state index < -0.39 is 9.84 Å². The second-order valence-electron chi connectivity index (χ2n) is 8.10. The van der Waals surface area contributed by atoms with Gasteiger partial charge in [0, 0.05) is 18.0 Å². The Kier molecular flexibility index (Phi) is 6.34. The molecule has 0 radical (unpaired) electrons. The molecule has 0 aliphatic carbocycles. The standard InChI is InChI=1S/C24H26N2O3S2/c1-17-7-6-10-21-18(2)13-22(25-24(17)21)30-15-23(27)26(14-19-8-4-3-5-9-19)20-11-12-31(28,29)16-20/h3-10,13,20H,11-12,14-16H2,1-2H3/t20-/m1/s1. The molecular weight excluding hydrogens is 428 g/mol. The van der Waals surface area contributed by atoms with E-state index in [2.05, 4.69) is 13.0 Å². The van der Waals surface area contributed by atoms with Gasteiger partial charge in [-0.05, 0) is 43.0 Å². The number of rotatable bonds is 6. The Bertz CT molecular complexity index is 1210. The minimum atomic E-state index is -3.08. The fraction of sp³-hybridized carbons (Fsp3) is 0.333. The highest BCUT2D eigenvalue weighted by molar-refractivity contribution is 7.99. The Morgan fingerprint density at radius 3 is 2.58 bits per heavy atom. The topological polar surface area (TPSA) is 67.3 Å². The van der Waals surface area contributed by atoms with Gasteiger partial charge in [0.05, 0.1) is 27.8 Å². The number of aromatic nitrogens is 1. The first-order valence-electron chi connectivity index (χ1n) is 10.4. The summed E-state index contributed by atoms with van der Waals surface area (Å²) in [6.45, 7) is 4.51. The molecule has 4 rings (SSSR count). The van der Waals surface area contributed by atoms with Gasteiger partial charge in [-0.15, -0.1) is 0 Å². The summed E-state index contributed by atoms with van der Waals surface area (Å²) >= 11 is 1.41. The van der Waals surface area contributed by atoms with Crippen LogP contribution in [0.4, 0.5) is 0 Å². The average molecular weight is 455 g/mol. The van der Waals surface area contributed by atoms with Gasteiger partial charge >= 0.3 is 0 Å². The number of para-hydroxylation sites is 1. The lowest BCUT2D eigenvalue weighted by Crippen LogP contribution is -2.41. The Balaban J connectivity index is 1.53. The maximum absolute atomic E-state index is 13.2. The largest absolute Gasteiger partial charge is 0.334 e. The molecule has 0 N–H and O–H groups in total. The number of benzene rings is 2. The van der Waals surface area contributed by atoms with E-state index in [0.29, 0.717) is 13.0 Å². The zero-order valence-corrected chi connectivity index (χ0v) is 19.4. The predicted molar refractivity (Wildman–Crippen MR) is 126 cm³/mol. The van der Waals surface area contributed by atoms with Crippen LogP contribution in [0.15, 0.2) is 59.6 Å². The van der Waals surface area contributed by atoms with Crippen LogP contribution in [0.1, 0.15) is 23.1 Å². The summed E-state index contributed by atoms with van der Waals surface area (Å²) < 4.78 is 24.1. The maximum atomic E-state index is 13.2. The number of nitrogens with zero attached hydrogens (tertiary/aromatic N) is 2. The lowest BCUT2D eigenvalue weighted by atomic mass is 10.1. The second-order valence-corrected chi connectivity index (χ2v) is 11.3. The molecule has 7 heteroatoms. The molecule has 1 aliphatic heterocycles. The smallest absolute Gasteiger partial charge is 0.233 e. The summed E-state index contributed by atoms with van der Waals surface area (Å²) in [5, 5.41) is 1.93. The van der Waals surface area contributed by atoms with Gasteiger partial charge < -0.3 is 4.90 Å². The highest BCUT2D eigenvalue weighted by Crippen LogP contribution is 2.27. The van der Waals surface area contributed by atoms with Crippen molar-refractivity contribution in [1.82, 2.24) is 9.88 Å². The molecule has 5 nitrogen and oxygen atoms in total. The van der Waals surface area contributed by atoms with Crippen LogP contribution in [-0.2, 0) is 21.2 Å². The summed E-state index contributed by atoms with van der Waals surface area (Å²) in [5.74, 6) is 0.365. The summed E-state index contributed by atoms with van der Waals surface area (Å²) in [5.41, 5.74) is 4.20. The van der Waals surface area contributed by atoms with Gasteiger partial charge in [0.25, 0.3) is 0 Å². The van der Waals surface area contributed by atoms with Crippen LogP contribution in [-0.4, -0.2) is 47.5 Å². The Morgan fingerprint density at radius 1 is 1.10 bits per heavy atom. The van der Waals surface area contributed by atoms with Crippen molar-refractivity contribution in [2.24, 2.45) is 0 Å². The minimum Gasteiger partial charge on any atom is -0.334 e. The van der Waals surface area contributed by atoms with Gasteiger partial charge in [0.15, 0.2) is 9.84 Å². The van der Waals surface area contributed by atoms with Gasteiger partial charge in [-0.25, -0.2) is 13.4 Å².